The zero-order valence-corrected chi connectivity index (χ0v) is 9.67. The number of nitrogens with zero attached hydrogens (tertiary/aromatic N) is 1. The van der Waals surface area contributed by atoms with Crippen molar-refractivity contribution < 1.29 is 5.11 Å². The molecule has 2 fully saturated rings. The van der Waals surface area contributed by atoms with Crippen molar-refractivity contribution in [1.82, 2.24) is 4.90 Å². The Morgan fingerprint density at radius 3 is 3.20 bits per heavy atom. The van der Waals surface area contributed by atoms with Gasteiger partial charge >= 0.3 is 0 Å². The van der Waals surface area contributed by atoms with Gasteiger partial charge in [0.2, 0.25) is 0 Å². The highest BCUT2D eigenvalue weighted by atomic mass is 32.1. The van der Waals surface area contributed by atoms with Crippen LogP contribution in [0.1, 0.15) is 30.6 Å². The van der Waals surface area contributed by atoms with Crippen LogP contribution in [0.4, 0.5) is 0 Å². The van der Waals surface area contributed by atoms with Gasteiger partial charge in [-0.05, 0) is 43.7 Å². The third-order valence-corrected chi connectivity index (χ3v) is 4.93. The smallest absolute Gasteiger partial charge is 0.101 e. The summed E-state index contributed by atoms with van der Waals surface area (Å²) >= 11 is 1.69. The molecule has 0 radical (unpaired) electrons. The molecular weight excluding hydrogens is 206 g/mol. The highest BCUT2D eigenvalue weighted by Gasteiger charge is 2.41. The Labute approximate surface area is 94.5 Å². The van der Waals surface area contributed by atoms with Gasteiger partial charge in [0.25, 0.3) is 0 Å². The lowest BCUT2D eigenvalue weighted by molar-refractivity contribution is -0.0381. The average Bonchev–Trinajstić information content (AvgIpc) is 2.87. The summed E-state index contributed by atoms with van der Waals surface area (Å²) in [7, 11) is 0. The third kappa shape index (κ3) is 1.63. The molecule has 2 aliphatic heterocycles. The predicted octanol–water partition coefficient (Wildman–Crippen LogP) is 2.19. The number of rotatable bonds is 1. The molecule has 0 bridgehead atoms. The van der Waals surface area contributed by atoms with E-state index < -0.39 is 5.60 Å². The summed E-state index contributed by atoms with van der Waals surface area (Å²) in [6.45, 7) is 2.31. The van der Waals surface area contributed by atoms with Crippen LogP contribution in [0.2, 0.25) is 0 Å². The fourth-order valence-electron chi connectivity index (χ4n) is 3.01. The molecule has 3 rings (SSSR count). The van der Waals surface area contributed by atoms with Crippen LogP contribution < -0.4 is 0 Å². The second-order valence-electron chi connectivity index (χ2n) is 4.80. The molecule has 3 heteroatoms. The molecule has 1 aromatic heterocycles. The van der Waals surface area contributed by atoms with Crippen LogP contribution in [-0.4, -0.2) is 29.1 Å². The van der Waals surface area contributed by atoms with E-state index in [2.05, 4.69) is 16.3 Å². The van der Waals surface area contributed by atoms with E-state index >= 15 is 0 Å². The van der Waals surface area contributed by atoms with Crippen molar-refractivity contribution in [2.75, 3.05) is 13.1 Å². The molecule has 2 aliphatic rings. The molecule has 2 saturated heterocycles. The standard InChI is InChI=1S/C12H17NOS/c14-12(11-4-2-8-15-11)5-7-13-6-1-3-10(13)9-12/h2,4,8,10,14H,1,3,5-7,9H2. The molecular formula is C12H17NOS. The SMILES string of the molecule is OC1(c2cccs2)CCN2CCCC2C1. The second kappa shape index (κ2) is 3.58. The maximum Gasteiger partial charge on any atom is 0.101 e. The van der Waals surface area contributed by atoms with Crippen molar-refractivity contribution in [2.45, 2.75) is 37.3 Å². The van der Waals surface area contributed by atoms with Crippen LogP contribution in [0.15, 0.2) is 17.5 Å². The Morgan fingerprint density at radius 1 is 1.47 bits per heavy atom. The number of hydrogen-bond donors (Lipinski definition) is 1. The lowest BCUT2D eigenvalue weighted by Gasteiger charge is -2.40. The minimum Gasteiger partial charge on any atom is -0.384 e. The summed E-state index contributed by atoms with van der Waals surface area (Å²) in [6, 6.07) is 4.75. The molecule has 3 heterocycles. The quantitative estimate of drug-likeness (QED) is 0.789. The number of aliphatic hydroxyl groups is 1. The minimum absolute atomic E-state index is 0.528. The van der Waals surface area contributed by atoms with Gasteiger partial charge in [0.1, 0.15) is 5.60 Å². The Balaban J connectivity index is 1.83. The fourth-order valence-corrected chi connectivity index (χ4v) is 3.87. The summed E-state index contributed by atoms with van der Waals surface area (Å²) in [5.41, 5.74) is -0.528. The van der Waals surface area contributed by atoms with E-state index in [4.69, 9.17) is 0 Å². The van der Waals surface area contributed by atoms with Crippen LogP contribution in [-0.2, 0) is 5.60 Å². The van der Waals surface area contributed by atoms with Crippen LogP contribution in [0.5, 0.6) is 0 Å². The first-order chi connectivity index (χ1) is 7.28. The molecule has 82 valence electrons. The van der Waals surface area contributed by atoms with Crippen molar-refractivity contribution in [2.24, 2.45) is 0 Å². The molecule has 0 saturated carbocycles. The summed E-state index contributed by atoms with van der Waals surface area (Å²) in [4.78, 5) is 3.70. The van der Waals surface area contributed by atoms with Crippen LogP contribution in [0, 0.1) is 0 Å². The van der Waals surface area contributed by atoms with E-state index in [-0.39, 0.29) is 0 Å². The van der Waals surface area contributed by atoms with Crippen LogP contribution >= 0.6 is 11.3 Å². The topological polar surface area (TPSA) is 23.5 Å². The lowest BCUT2D eigenvalue weighted by atomic mass is 9.85. The van der Waals surface area contributed by atoms with Crippen molar-refractivity contribution in [3.05, 3.63) is 22.4 Å². The number of thiophene rings is 1. The van der Waals surface area contributed by atoms with Crippen molar-refractivity contribution in [3.8, 4) is 0 Å². The molecule has 0 amide bonds. The number of piperidine rings is 1. The highest BCUT2D eigenvalue weighted by Crippen LogP contribution is 2.40. The normalized spacial score (nSPS) is 36.7. The van der Waals surface area contributed by atoms with E-state index in [0.717, 1.165) is 24.3 Å². The summed E-state index contributed by atoms with van der Waals surface area (Å²) in [5.74, 6) is 0. The summed E-state index contributed by atoms with van der Waals surface area (Å²) in [5, 5.41) is 12.7. The van der Waals surface area contributed by atoms with Crippen molar-refractivity contribution in [3.63, 3.8) is 0 Å². The van der Waals surface area contributed by atoms with Crippen LogP contribution in [0.25, 0.3) is 0 Å². The van der Waals surface area contributed by atoms with Crippen LogP contribution in [0.3, 0.4) is 0 Å². The second-order valence-corrected chi connectivity index (χ2v) is 5.74. The van der Waals surface area contributed by atoms with E-state index in [0.29, 0.717) is 6.04 Å². The van der Waals surface area contributed by atoms with Gasteiger partial charge in [0, 0.05) is 17.5 Å². The van der Waals surface area contributed by atoms with Gasteiger partial charge in [-0.15, -0.1) is 11.3 Å². The minimum atomic E-state index is -0.528. The van der Waals surface area contributed by atoms with Gasteiger partial charge in [0.05, 0.1) is 0 Å². The summed E-state index contributed by atoms with van der Waals surface area (Å²) in [6.07, 6.45) is 4.43. The van der Waals surface area contributed by atoms with Gasteiger partial charge in [-0.2, -0.15) is 0 Å². The number of hydrogen-bond acceptors (Lipinski definition) is 3. The zero-order chi connectivity index (χ0) is 10.3. The van der Waals surface area contributed by atoms with Crippen molar-refractivity contribution >= 4 is 11.3 Å². The maximum atomic E-state index is 10.7. The Hall–Kier alpha value is -0.380. The van der Waals surface area contributed by atoms with E-state index in [9.17, 15) is 5.11 Å². The fraction of sp³-hybridized carbons (Fsp3) is 0.667. The molecule has 2 nitrogen and oxygen atoms in total. The average molecular weight is 223 g/mol. The summed E-state index contributed by atoms with van der Waals surface area (Å²) < 4.78 is 0. The Bertz CT molecular complexity index is 337. The molecule has 1 N–H and O–H groups in total. The molecule has 0 aliphatic carbocycles. The van der Waals surface area contributed by atoms with E-state index in [1.54, 1.807) is 11.3 Å². The largest absolute Gasteiger partial charge is 0.384 e. The van der Waals surface area contributed by atoms with Gasteiger partial charge in [0.15, 0.2) is 0 Å². The first-order valence-corrected chi connectivity index (χ1v) is 6.66. The maximum absolute atomic E-state index is 10.7. The lowest BCUT2D eigenvalue weighted by Crippen LogP contribution is -2.45. The van der Waals surface area contributed by atoms with Gasteiger partial charge in [-0.3, -0.25) is 0 Å². The predicted molar refractivity (Wildman–Crippen MR) is 62.0 cm³/mol. The highest BCUT2D eigenvalue weighted by molar-refractivity contribution is 7.10. The van der Waals surface area contributed by atoms with E-state index in [1.165, 1.54) is 19.4 Å². The third-order valence-electron chi connectivity index (χ3n) is 3.86. The molecule has 0 spiro atoms. The Kier molecular flexibility index (Phi) is 2.34. The zero-order valence-electron chi connectivity index (χ0n) is 8.85. The van der Waals surface area contributed by atoms with Crippen molar-refractivity contribution in [1.29, 1.82) is 0 Å². The number of fused-ring (bicyclic) bond motifs is 1. The first-order valence-electron chi connectivity index (χ1n) is 5.78. The molecule has 1 aromatic rings. The van der Waals surface area contributed by atoms with Gasteiger partial charge in [-0.1, -0.05) is 6.07 Å². The first kappa shape index (κ1) is 9.82. The van der Waals surface area contributed by atoms with Gasteiger partial charge < -0.3 is 10.0 Å². The molecule has 2 atom stereocenters. The monoisotopic (exact) mass is 223 g/mol. The Morgan fingerprint density at radius 2 is 2.40 bits per heavy atom. The van der Waals surface area contributed by atoms with E-state index in [1.807, 2.05) is 6.07 Å². The molecule has 0 aromatic carbocycles. The van der Waals surface area contributed by atoms with Gasteiger partial charge in [-0.25, -0.2) is 0 Å². The molecule has 15 heavy (non-hydrogen) atoms. The molecule has 2 unspecified atom stereocenters.